The highest BCUT2D eigenvalue weighted by Crippen LogP contribution is 2.38. The second kappa shape index (κ2) is 10.8. The number of allylic oxidation sites excluding steroid dienone is 1. The molecular weight excluding hydrogens is 474 g/mol. The maximum atomic E-state index is 13.3. The summed E-state index contributed by atoms with van der Waals surface area (Å²) in [5.41, 5.74) is 5.32. The summed E-state index contributed by atoms with van der Waals surface area (Å²) >= 11 is 6.04. The second-order valence-corrected chi connectivity index (χ2v) is 8.88. The van der Waals surface area contributed by atoms with Crippen LogP contribution in [0.3, 0.4) is 0 Å². The number of pyridine rings is 1. The number of aromatic nitrogens is 1. The third-order valence-electron chi connectivity index (χ3n) is 6.08. The van der Waals surface area contributed by atoms with Crippen LogP contribution < -0.4 is 9.47 Å². The van der Waals surface area contributed by atoms with E-state index in [1.165, 1.54) is 0 Å². The van der Waals surface area contributed by atoms with Gasteiger partial charge in [0, 0.05) is 10.4 Å². The van der Waals surface area contributed by atoms with Crippen LogP contribution in [-0.2, 0) is 11.2 Å². The Hall–Kier alpha value is -3.83. The molecule has 5 rings (SSSR count). The van der Waals surface area contributed by atoms with Crippen LogP contribution in [0.1, 0.15) is 40.5 Å². The van der Waals surface area contributed by atoms with E-state index in [1.807, 2.05) is 79.7 Å². The van der Waals surface area contributed by atoms with E-state index in [1.54, 1.807) is 0 Å². The Balaban J connectivity index is 1.34. The van der Waals surface area contributed by atoms with E-state index in [9.17, 15) is 4.79 Å². The van der Waals surface area contributed by atoms with Gasteiger partial charge in [0.25, 0.3) is 0 Å². The van der Waals surface area contributed by atoms with E-state index in [0.29, 0.717) is 22.9 Å². The molecule has 6 heteroatoms. The molecule has 0 radical (unpaired) electrons. The van der Waals surface area contributed by atoms with E-state index in [4.69, 9.17) is 30.8 Å². The number of halogens is 1. The van der Waals surface area contributed by atoms with Gasteiger partial charge in [0.05, 0.1) is 23.4 Å². The average Bonchev–Trinajstić information content (AvgIpc) is 3.29. The molecule has 3 aromatic carbocycles. The van der Waals surface area contributed by atoms with E-state index in [-0.39, 0.29) is 19.2 Å². The summed E-state index contributed by atoms with van der Waals surface area (Å²) in [5.74, 6) is 1.13. The number of hydrogen-bond donors (Lipinski definition) is 0. The van der Waals surface area contributed by atoms with Crippen LogP contribution in [0, 0.1) is 0 Å². The second-order valence-electron chi connectivity index (χ2n) is 8.44. The number of carbonyl (C=O) groups excluding carboxylic acids is 1. The number of nitrogens with zero attached hydrogens (tertiary/aromatic N) is 1. The molecule has 0 spiro atoms. The van der Waals surface area contributed by atoms with Gasteiger partial charge < -0.3 is 14.2 Å². The van der Waals surface area contributed by atoms with Crippen LogP contribution in [-0.4, -0.2) is 30.8 Å². The smallest absolute Gasteiger partial charge is 0.339 e. The summed E-state index contributed by atoms with van der Waals surface area (Å²) < 4.78 is 16.8. The van der Waals surface area contributed by atoms with E-state index >= 15 is 0 Å². The van der Waals surface area contributed by atoms with Crippen molar-refractivity contribution < 1.29 is 19.0 Å². The Kier molecular flexibility index (Phi) is 7.19. The molecular formula is C30H26ClNO4. The van der Waals surface area contributed by atoms with Gasteiger partial charge in [-0.25, -0.2) is 9.78 Å². The molecule has 0 saturated heterocycles. The molecule has 0 atom stereocenters. The predicted molar refractivity (Wildman–Crippen MR) is 143 cm³/mol. The molecule has 0 aliphatic heterocycles. The largest absolute Gasteiger partial charge is 0.494 e. The zero-order chi connectivity index (χ0) is 24.9. The standard InChI is InChI=1S/C30H26ClNO4/c1-2-34-23-12-14-24(15-13-23)35-17-18-36-30(33)28-25-5-3-4-6-27(25)32-29-21(9-16-26(28)29)19-20-7-10-22(31)11-8-20/h3-8,10-15,19H,2,9,16-18H2,1H3. The van der Waals surface area contributed by atoms with Crippen LogP contribution in [0.2, 0.25) is 5.02 Å². The fraction of sp³-hybridized carbons (Fsp3) is 0.200. The summed E-state index contributed by atoms with van der Waals surface area (Å²) in [7, 11) is 0. The van der Waals surface area contributed by atoms with Crippen LogP contribution in [0.15, 0.2) is 72.8 Å². The molecule has 182 valence electrons. The fourth-order valence-corrected chi connectivity index (χ4v) is 4.56. The van der Waals surface area contributed by atoms with Gasteiger partial charge in [-0.1, -0.05) is 41.9 Å². The van der Waals surface area contributed by atoms with Gasteiger partial charge in [-0.15, -0.1) is 0 Å². The summed E-state index contributed by atoms with van der Waals surface area (Å²) in [6.45, 7) is 2.95. The zero-order valence-corrected chi connectivity index (χ0v) is 20.8. The summed E-state index contributed by atoms with van der Waals surface area (Å²) in [4.78, 5) is 18.2. The quantitative estimate of drug-likeness (QED) is 0.193. The fourth-order valence-electron chi connectivity index (χ4n) is 4.44. The Morgan fingerprint density at radius 1 is 0.917 bits per heavy atom. The van der Waals surface area contributed by atoms with Crippen molar-refractivity contribution in [3.05, 3.63) is 100 Å². The van der Waals surface area contributed by atoms with Gasteiger partial charge in [0.1, 0.15) is 24.7 Å². The van der Waals surface area contributed by atoms with E-state index in [2.05, 4.69) is 6.08 Å². The number of fused-ring (bicyclic) bond motifs is 2. The number of para-hydroxylation sites is 1. The van der Waals surface area contributed by atoms with Crippen molar-refractivity contribution in [3.8, 4) is 11.5 Å². The topological polar surface area (TPSA) is 57.7 Å². The average molecular weight is 500 g/mol. The first kappa shape index (κ1) is 23.9. The van der Waals surface area contributed by atoms with Crippen LogP contribution >= 0.6 is 11.6 Å². The van der Waals surface area contributed by atoms with Gasteiger partial charge in [0.15, 0.2) is 0 Å². The number of esters is 1. The maximum Gasteiger partial charge on any atom is 0.339 e. The van der Waals surface area contributed by atoms with Crippen LogP contribution in [0.4, 0.5) is 0 Å². The normalized spacial score (nSPS) is 13.6. The van der Waals surface area contributed by atoms with Gasteiger partial charge in [-0.2, -0.15) is 0 Å². The van der Waals surface area contributed by atoms with E-state index < -0.39 is 0 Å². The van der Waals surface area contributed by atoms with Crippen molar-refractivity contribution in [2.75, 3.05) is 19.8 Å². The first-order valence-electron chi connectivity index (χ1n) is 12.0. The lowest BCUT2D eigenvalue weighted by molar-refractivity contribution is 0.0451. The minimum absolute atomic E-state index is 0.144. The lowest BCUT2D eigenvalue weighted by Gasteiger charge is -2.13. The number of carbonyl (C=O) groups is 1. The number of hydrogen-bond acceptors (Lipinski definition) is 5. The number of benzene rings is 3. The van der Waals surface area contributed by atoms with Crippen molar-refractivity contribution in [2.24, 2.45) is 0 Å². The molecule has 0 amide bonds. The lowest BCUT2D eigenvalue weighted by atomic mass is 10.0. The highest BCUT2D eigenvalue weighted by atomic mass is 35.5. The SMILES string of the molecule is CCOc1ccc(OCCOC(=O)c2c3c(nc4ccccc24)C(=Cc2ccc(Cl)cc2)CC3)cc1. The van der Waals surface area contributed by atoms with Crippen LogP contribution in [0.5, 0.6) is 11.5 Å². The molecule has 0 bridgehead atoms. The highest BCUT2D eigenvalue weighted by Gasteiger charge is 2.27. The van der Waals surface area contributed by atoms with Gasteiger partial charge in [0.2, 0.25) is 0 Å². The first-order valence-corrected chi connectivity index (χ1v) is 12.4. The maximum absolute atomic E-state index is 13.3. The molecule has 0 unspecified atom stereocenters. The Morgan fingerprint density at radius 3 is 2.39 bits per heavy atom. The molecule has 1 heterocycles. The molecule has 4 aromatic rings. The zero-order valence-electron chi connectivity index (χ0n) is 20.0. The van der Waals surface area contributed by atoms with Crippen molar-refractivity contribution in [3.63, 3.8) is 0 Å². The summed E-state index contributed by atoms with van der Waals surface area (Å²) in [6, 6.07) is 22.8. The molecule has 1 aromatic heterocycles. The minimum atomic E-state index is -0.354. The molecule has 36 heavy (non-hydrogen) atoms. The third-order valence-corrected chi connectivity index (χ3v) is 6.33. The predicted octanol–water partition coefficient (Wildman–Crippen LogP) is 7.01. The number of rotatable bonds is 8. The first-order chi connectivity index (χ1) is 17.6. The van der Waals surface area contributed by atoms with E-state index in [0.717, 1.165) is 51.9 Å². The third kappa shape index (κ3) is 5.21. The van der Waals surface area contributed by atoms with Crippen LogP contribution in [0.25, 0.3) is 22.6 Å². The van der Waals surface area contributed by atoms with Gasteiger partial charge >= 0.3 is 5.97 Å². The molecule has 1 aliphatic carbocycles. The van der Waals surface area contributed by atoms with Gasteiger partial charge in [-0.05, 0) is 85.0 Å². The number of ether oxygens (including phenoxy) is 3. The molecule has 0 saturated carbocycles. The highest BCUT2D eigenvalue weighted by molar-refractivity contribution is 6.30. The monoisotopic (exact) mass is 499 g/mol. The molecule has 0 N–H and O–H groups in total. The van der Waals surface area contributed by atoms with Crippen molar-refractivity contribution in [2.45, 2.75) is 19.8 Å². The van der Waals surface area contributed by atoms with Gasteiger partial charge in [-0.3, -0.25) is 0 Å². The summed E-state index contributed by atoms with van der Waals surface area (Å²) in [6.07, 6.45) is 3.66. The Bertz CT molecular complexity index is 1410. The van der Waals surface area contributed by atoms with Crippen molar-refractivity contribution in [1.82, 2.24) is 4.98 Å². The Labute approximate surface area is 215 Å². The molecule has 0 fully saturated rings. The molecule has 1 aliphatic rings. The van der Waals surface area contributed by atoms with Crippen molar-refractivity contribution >= 4 is 40.1 Å². The molecule has 5 nitrogen and oxygen atoms in total. The van der Waals surface area contributed by atoms with Crippen molar-refractivity contribution in [1.29, 1.82) is 0 Å². The summed E-state index contributed by atoms with van der Waals surface area (Å²) in [5, 5.41) is 1.51. The lowest BCUT2D eigenvalue weighted by Crippen LogP contribution is -2.15. The minimum Gasteiger partial charge on any atom is -0.494 e. The Morgan fingerprint density at radius 2 is 1.64 bits per heavy atom.